The Balaban J connectivity index is 3.26. The maximum atomic E-state index is 11.4. The van der Waals surface area contributed by atoms with Crippen LogP contribution in [0.1, 0.15) is 60.8 Å². The number of carbonyl (C=O) groups excluding carboxylic acids is 1. The summed E-state index contributed by atoms with van der Waals surface area (Å²) in [4.78, 5) is 11.4. The number of ether oxygens (including phenoxy) is 2. The molecule has 0 unspecified atom stereocenters. The Morgan fingerprint density at radius 2 is 1.28 bits per heavy atom. The van der Waals surface area contributed by atoms with Gasteiger partial charge in [0.25, 0.3) is 0 Å². The van der Waals surface area contributed by atoms with Crippen molar-refractivity contribution in [3.8, 4) is 0 Å². The van der Waals surface area contributed by atoms with E-state index in [1.54, 1.807) is 0 Å². The molecule has 0 saturated carbocycles. The molecule has 150 valence electrons. The van der Waals surface area contributed by atoms with E-state index < -0.39 is 6.16 Å². The van der Waals surface area contributed by atoms with E-state index in [-0.39, 0.29) is 5.41 Å². The molecule has 0 aliphatic carbocycles. The highest BCUT2D eigenvalue weighted by Gasteiger charge is 2.11. The predicted octanol–water partition coefficient (Wildman–Crippen LogP) is 6.35. The molecule has 0 heterocycles. The third kappa shape index (κ3) is 22.3. The van der Waals surface area contributed by atoms with Gasteiger partial charge in [-0.3, -0.25) is 0 Å². The highest BCUT2D eigenvalue weighted by atomic mass is 32.2. The number of hydrogen-bond donors (Lipinski definition) is 0. The van der Waals surface area contributed by atoms with Gasteiger partial charge < -0.3 is 9.47 Å². The molecule has 3 nitrogen and oxygen atoms in total. The first-order valence-corrected chi connectivity index (χ1v) is 12.5. The zero-order valence-electron chi connectivity index (χ0n) is 17.0. The third-order valence-corrected chi connectivity index (χ3v) is 6.93. The zero-order chi connectivity index (χ0) is 19.2. The molecule has 0 aromatic heterocycles. The molecule has 0 radical (unpaired) electrons. The van der Waals surface area contributed by atoms with Gasteiger partial charge in [-0.25, -0.2) is 4.79 Å². The lowest BCUT2D eigenvalue weighted by Crippen LogP contribution is -2.12. The summed E-state index contributed by atoms with van der Waals surface area (Å²) in [5.74, 6) is 5.86. The fourth-order valence-electron chi connectivity index (χ4n) is 1.84. The van der Waals surface area contributed by atoms with Gasteiger partial charge in [-0.2, -0.15) is 35.3 Å². The van der Waals surface area contributed by atoms with Crippen molar-refractivity contribution in [3.05, 3.63) is 0 Å². The fraction of sp³-hybridized carbons (Fsp3) is 0.947. The van der Waals surface area contributed by atoms with Crippen molar-refractivity contribution in [1.29, 1.82) is 0 Å². The molecule has 0 bridgehead atoms. The quantitative estimate of drug-likeness (QED) is 0.260. The summed E-state index contributed by atoms with van der Waals surface area (Å²) in [7, 11) is 0. The Kier molecular flexibility index (Phi) is 14.6. The van der Waals surface area contributed by atoms with Gasteiger partial charge in [0.2, 0.25) is 0 Å². The molecule has 0 aromatic rings. The molecule has 0 spiro atoms. The van der Waals surface area contributed by atoms with Crippen LogP contribution in [-0.2, 0) is 9.47 Å². The molecule has 0 aromatic carbocycles. The van der Waals surface area contributed by atoms with Crippen molar-refractivity contribution in [2.24, 2.45) is 5.41 Å². The highest BCUT2D eigenvalue weighted by molar-refractivity contribution is 8.04. The van der Waals surface area contributed by atoms with Crippen molar-refractivity contribution in [1.82, 2.24) is 0 Å². The summed E-state index contributed by atoms with van der Waals surface area (Å²) in [5.41, 5.74) is 0.286. The van der Waals surface area contributed by atoms with Gasteiger partial charge in [0.1, 0.15) is 0 Å². The molecule has 25 heavy (non-hydrogen) atoms. The number of hydrogen-bond acceptors (Lipinski definition) is 6. The minimum absolute atomic E-state index is 0.286. The summed E-state index contributed by atoms with van der Waals surface area (Å²) < 4.78 is 10.5. The van der Waals surface area contributed by atoms with Crippen molar-refractivity contribution >= 4 is 41.4 Å². The maximum absolute atomic E-state index is 11.4. The normalized spacial score (nSPS) is 12.2. The first-order valence-electron chi connectivity index (χ1n) is 9.19. The van der Waals surface area contributed by atoms with E-state index in [1.807, 2.05) is 35.3 Å². The van der Waals surface area contributed by atoms with E-state index in [9.17, 15) is 4.79 Å². The molecule has 0 atom stereocenters. The van der Waals surface area contributed by atoms with Crippen LogP contribution in [0.2, 0.25) is 0 Å². The molecule has 0 amide bonds. The fourth-order valence-corrected chi connectivity index (χ4v) is 4.94. The second kappa shape index (κ2) is 14.4. The Bertz CT molecular complexity index is 336. The second-order valence-electron chi connectivity index (χ2n) is 8.15. The Morgan fingerprint density at radius 3 is 1.84 bits per heavy atom. The van der Waals surface area contributed by atoms with Gasteiger partial charge in [-0.15, -0.1) is 0 Å². The molecule has 6 heteroatoms. The number of rotatable bonds is 13. The summed E-state index contributed by atoms with van der Waals surface area (Å²) in [6.07, 6.45) is 2.31. The Hall–Kier alpha value is 0.320. The molecular weight excluding hydrogens is 372 g/mol. The third-order valence-electron chi connectivity index (χ3n) is 3.08. The van der Waals surface area contributed by atoms with Gasteiger partial charge in [0, 0.05) is 27.8 Å². The summed E-state index contributed by atoms with van der Waals surface area (Å²) in [5, 5.41) is 0. The lowest BCUT2D eigenvalue weighted by molar-refractivity contribution is 0.0527. The van der Waals surface area contributed by atoms with Gasteiger partial charge in [-0.1, -0.05) is 41.5 Å². The van der Waals surface area contributed by atoms with Crippen molar-refractivity contribution in [2.75, 3.05) is 42.0 Å². The van der Waals surface area contributed by atoms with Crippen LogP contribution in [0.5, 0.6) is 0 Å². The first kappa shape index (κ1) is 25.3. The standard InChI is InChI=1S/C19H38O3S3/c1-18(2,3)9-7-10-21-17(20)22-11-8-12-23-13-14-24-15-16-25-19(4,5)6/h7-16H2,1-6H3. The average Bonchev–Trinajstić information content (AvgIpc) is 2.47. The Labute approximate surface area is 168 Å². The zero-order valence-corrected chi connectivity index (χ0v) is 19.5. The van der Waals surface area contributed by atoms with Crippen LogP contribution in [-0.4, -0.2) is 52.9 Å². The van der Waals surface area contributed by atoms with E-state index in [0.29, 0.717) is 18.0 Å². The van der Waals surface area contributed by atoms with Gasteiger partial charge in [0.05, 0.1) is 13.2 Å². The molecular formula is C19H38O3S3. The molecule has 0 rings (SSSR count). The van der Waals surface area contributed by atoms with Crippen LogP contribution in [0.15, 0.2) is 0 Å². The lowest BCUT2D eigenvalue weighted by atomic mass is 9.91. The van der Waals surface area contributed by atoms with Crippen LogP contribution < -0.4 is 0 Å². The second-order valence-corrected chi connectivity index (χ2v) is 12.5. The highest BCUT2D eigenvalue weighted by Crippen LogP contribution is 2.24. The van der Waals surface area contributed by atoms with E-state index in [1.165, 1.54) is 23.0 Å². The van der Waals surface area contributed by atoms with Crippen LogP contribution >= 0.6 is 35.3 Å². The summed E-state index contributed by atoms with van der Waals surface area (Å²) in [6, 6.07) is 0. The molecule has 0 fully saturated rings. The van der Waals surface area contributed by atoms with Crippen molar-refractivity contribution in [2.45, 2.75) is 65.6 Å². The summed E-state index contributed by atoms with van der Waals surface area (Å²) >= 11 is 5.99. The topological polar surface area (TPSA) is 35.5 Å². The first-order chi connectivity index (χ1) is 11.6. The van der Waals surface area contributed by atoms with Crippen LogP contribution in [0.3, 0.4) is 0 Å². The van der Waals surface area contributed by atoms with E-state index in [2.05, 4.69) is 41.5 Å². The minimum Gasteiger partial charge on any atom is -0.434 e. The van der Waals surface area contributed by atoms with E-state index >= 15 is 0 Å². The largest absolute Gasteiger partial charge is 0.508 e. The molecule has 0 aliphatic heterocycles. The van der Waals surface area contributed by atoms with Gasteiger partial charge in [0.15, 0.2) is 0 Å². The Morgan fingerprint density at radius 1 is 0.760 bits per heavy atom. The smallest absolute Gasteiger partial charge is 0.434 e. The average molecular weight is 411 g/mol. The lowest BCUT2D eigenvalue weighted by Gasteiger charge is -2.17. The van der Waals surface area contributed by atoms with Crippen LogP contribution in [0, 0.1) is 5.41 Å². The van der Waals surface area contributed by atoms with Crippen LogP contribution in [0.25, 0.3) is 0 Å². The van der Waals surface area contributed by atoms with Crippen molar-refractivity contribution < 1.29 is 14.3 Å². The van der Waals surface area contributed by atoms with Gasteiger partial charge >= 0.3 is 6.16 Å². The van der Waals surface area contributed by atoms with Gasteiger partial charge in [-0.05, 0) is 30.4 Å². The predicted molar refractivity (Wildman–Crippen MR) is 117 cm³/mol. The van der Waals surface area contributed by atoms with Crippen LogP contribution in [0.4, 0.5) is 4.79 Å². The summed E-state index contributed by atoms with van der Waals surface area (Å²) in [6.45, 7) is 14.3. The molecule has 0 saturated heterocycles. The number of carbonyl (C=O) groups is 1. The van der Waals surface area contributed by atoms with E-state index in [0.717, 1.165) is 25.0 Å². The monoisotopic (exact) mass is 410 g/mol. The van der Waals surface area contributed by atoms with Crippen molar-refractivity contribution in [3.63, 3.8) is 0 Å². The molecule has 0 N–H and O–H groups in total. The number of thioether (sulfide) groups is 3. The SMILES string of the molecule is CC(C)(C)CCCOC(=O)OCCCSCCSCCSC(C)(C)C. The molecule has 0 aliphatic rings. The minimum atomic E-state index is -0.522. The van der Waals surface area contributed by atoms with E-state index in [4.69, 9.17) is 9.47 Å². The maximum Gasteiger partial charge on any atom is 0.508 e.